The van der Waals surface area contributed by atoms with E-state index in [1.165, 1.54) is 6.42 Å². The molecule has 3 atom stereocenters. The van der Waals surface area contributed by atoms with Crippen LogP contribution < -0.4 is 15.5 Å². The van der Waals surface area contributed by atoms with E-state index < -0.39 is 23.8 Å². The van der Waals surface area contributed by atoms with Crippen molar-refractivity contribution in [2.24, 2.45) is 0 Å². The number of rotatable bonds is 2. The van der Waals surface area contributed by atoms with Gasteiger partial charge in [0.1, 0.15) is 6.04 Å². The number of nitrogens with one attached hydrogen (secondary N) is 2. The van der Waals surface area contributed by atoms with Crippen LogP contribution in [0.25, 0.3) is 0 Å². The van der Waals surface area contributed by atoms with Crippen LogP contribution in [0.1, 0.15) is 52.8 Å². The smallest absolute Gasteiger partial charge is 0.262 e. The predicted octanol–water partition coefficient (Wildman–Crippen LogP) is 0.419. The summed E-state index contributed by atoms with van der Waals surface area (Å²) in [6, 6.07) is 5.35. The second kappa shape index (κ2) is 6.41. The van der Waals surface area contributed by atoms with Gasteiger partial charge in [-0.15, -0.1) is 0 Å². The highest BCUT2D eigenvalue weighted by atomic mass is 16.2. The van der Waals surface area contributed by atoms with Crippen molar-refractivity contribution in [2.45, 2.75) is 50.2 Å². The summed E-state index contributed by atoms with van der Waals surface area (Å²) in [4.78, 5) is 52.6. The van der Waals surface area contributed by atoms with Crippen LogP contribution in [0.15, 0.2) is 18.2 Å². The lowest BCUT2D eigenvalue weighted by molar-refractivity contribution is -0.136. The third kappa shape index (κ3) is 2.71. The Bertz CT molecular complexity index is 886. The fraction of sp³-hybridized carbons (Fsp3) is 0.500. The van der Waals surface area contributed by atoms with Gasteiger partial charge >= 0.3 is 0 Å². The molecule has 4 amide bonds. The third-order valence-electron chi connectivity index (χ3n) is 6.25. The lowest BCUT2D eigenvalue weighted by Crippen LogP contribution is -2.58. The largest absolute Gasteiger partial charge is 0.368 e. The van der Waals surface area contributed by atoms with Crippen LogP contribution in [-0.2, 0) is 9.59 Å². The summed E-state index contributed by atoms with van der Waals surface area (Å²) >= 11 is 0. The Morgan fingerprint density at radius 3 is 2.32 bits per heavy atom. The van der Waals surface area contributed by atoms with Crippen LogP contribution in [0, 0.1) is 0 Å². The molecule has 4 aliphatic rings. The average Bonchev–Trinajstić information content (AvgIpc) is 2.92. The molecule has 0 radical (unpaired) electrons. The summed E-state index contributed by atoms with van der Waals surface area (Å²) in [7, 11) is 0. The van der Waals surface area contributed by atoms with Crippen LogP contribution in [0.2, 0.25) is 0 Å². The van der Waals surface area contributed by atoms with Crippen molar-refractivity contribution in [3.05, 3.63) is 29.3 Å². The minimum Gasteiger partial charge on any atom is -0.368 e. The number of nitrogens with zero attached hydrogens (tertiary/aromatic N) is 2. The highest BCUT2D eigenvalue weighted by molar-refractivity contribution is 6.23. The second-order valence-electron chi connectivity index (χ2n) is 8.07. The molecule has 1 aromatic rings. The topological polar surface area (TPSA) is 98.8 Å². The number of benzene rings is 1. The van der Waals surface area contributed by atoms with Gasteiger partial charge < -0.3 is 10.2 Å². The van der Waals surface area contributed by atoms with Crippen LogP contribution in [-0.4, -0.2) is 59.7 Å². The van der Waals surface area contributed by atoms with Gasteiger partial charge in [0, 0.05) is 37.3 Å². The van der Waals surface area contributed by atoms with Crippen molar-refractivity contribution in [3.63, 3.8) is 0 Å². The predicted molar refractivity (Wildman–Crippen MR) is 99.9 cm³/mol. The number of fused-ring (bicyclic) bond motifs is 3. The SMILES string of the molecule is O=C1CCC(N2C(=O)c3ccc(N4CC5CCCC(C4)N5)cc3C2=O)C(=O)N1. The average molecular weight is 382 g/mol. The normalized spacial score (nSPS) is 29.8. The van der Waals surface area contributed by atoms with Crippen LogP contribution in [0.4, 0.5) is 5.69 Å². The van der Waals surface area contributed by atoms with Gasteiger partial charge in [-0.3, -0.25) is 29.4 Å². The van der Waals surface area contributed by atoms with Gasteiger partial charge in [0.25, 0.3) is 11.8 Å². The molecule has 3 fully saturated rings. The number of hydrogen-bond donors (Lipinski definition) is 2. The minimum atomic E-state index is -0.924. The molecule has 28 heavy (non-hydrogen) atoms. The molecule has 0 aliphatic carbocycles. The van der Waals surface area contributed by atoms with Crippen LogP contribution in [0.5, 0.6) is 0 Å². The number of amides is 4. The zero-order chi connectivity index (χ0) is 19.4. The molecular formula is C20H22N4O4. The van der Waals surface area contributed by atoms with Crippen LogP contribution >= 0.6 is 0 Å². The fourth-order valence-electron chi connectivity index (χ4n) is 4.87. The minimum absolute atomic E-state index is 0.124. The third-order valence-corrected chi connectivity index (χ3v) is 6.25. The summed E-state index contributed by atoms with van der Waals surface area (Å²) in [6.45, 7) is 1.77. The van der Waals surface area contributed by atoms with Crippen LogP contribution in [0.3, 0.4) is 0 Å². The number of hydrogen-bond acceptors (Lipinski definition) is 6. The molecule has 2 bridgehead atoms. The van der Waals surface area contributed by atoms with E-state index in [0.29, 0.717) is 23.2 Å². The molecule has 4 heterocycles. The molecule has 8 nitrogen and oxygen atoms in total. The second-order valence-corrected chi connectivity index (χ2v) is 8.07. The van der Waals surface area contributed by atoms with Gasteiger partial charge in [0.2, 0.25) is 11.8 Å². The Morgan fingerprint density at radius 1 is 0.893 bits per heavy atom. The molecule has 1 aromatic carbocycles. The molecule has 5 rings (SSSR count). The molecule has 0 saturated carbocycles. The molecule has 4 aliphatic heterocycles. The Morgan fingerprint density at radius 2 is 1.61 bits per heavy atom. The maximum atomic E-state index is 13.0. The first-order valence-corrected chi connectivity index (χ1v) is 9.88. The van der Waals surface area contributed by atoms with Crippen molar-refractivity contribution in [1.29, 1.82) is 0 Å². The fourth-order valence-corrected chi connectivity index (χ4v) is 4.87. The summed E-state index contributed by atoms with van der Waals surface area (Å²) in [6.07, 6.45) is 3.84. The van der Waals surface area contributed by atoms with E-state index in [-0.39, 0.29) is 18.7 Å². The lowest BCUT2D eigenvalue weighted by atomic mass is 9.93. The summed E-state index contributed by atoms with van der Waals surface area (Å²) in [5.74, 6) is -1.87. The molecule has 0 spiro atoms. The van der Waals surface area contributed by atoms with Gasteiger partial charge in [0.15, 0.2) is 0 Å². The Kier molecular flexibility index (Phi) is 3.97. The zero-order valence-corrected chi connectivity index (χ0v) is 15.4. The standard InChI is InChI=1S/C20H22N4O4/c25-17-7-6-16(18(26)22-17)24-19(27)14-5-4-13(8-15(14)20(24)28)23-9-11-2-1-3-12(10-23)21-11/h4-5,8,11-12,16,21H,1-3,6-7,9-10H2,(H,22,25,26). The molecule has 2 N–H and O–H groups in total. The van der Waals surface area contributed by atoms with E-state index >= 15 is 0 Å². The highest BCUT2D eigenvalue weighted by Gasteiger charge is 2.45. The summed E-state index contributed by atoms with van der Waals surface area (Å²) < 4.78 is 0. The lowest BCUT2D eigenvalue weighted by Gasteiger charge is -2.43. The van der Waals surface area contributed by atoms with Crippen molar-refractivity contribution < 1.29 is 19.2 Å². The Balaban J connectivity index is 1.42. The maximum Gasteiger partial charge on any atom is 0.262 e. The number of carbonyl (C=O) groups excluding carboxylic acids is 4. The van der Waals surface area contributed by atoms with Crippen molar-refractivity contribution in [3.8, 4) is 0 Å². The molecular weight excluding hydrogens is 360 g/mol. The van der Waals surface area contributed by atoms with E-state index in [4.69, 9.17) is 0 Å². The zero-order valence-electron chi connectivity index (χ0n) is 15.4. The van der Waals surface area contributed by atoms with E-state index in [0.717, 1.165) is 36.5 Å². The first-order chi connectivity index (χ1) is 13.5. The van der Waals surface area contributed by atoms with Crippen molar-refractivity contribution in [2.75, 3.05) is 18.0 Å². The van der Waals surface area contributed by atoms with E-state index in [9.17, 15) is 19.2 Å². The monoisotopic (exact) mass is 382 g/mol. The molecule has 8 heteroatoms. The van der Waals surface area contributed by atoms with Gasteiger partial charge in [-0.2, -0.15) is 0 Å². The van der Waals surface area contributed by atoms with E-state index in [2.05, 4.69) is 15.5 Å². The number of imide groups is 2. The maximum absolute atomic E-state index is 13.0. The Hall–Kier alpha value is -2.74. The van der Waals surface area contributed by atoms with E-state index in [1.807, 2.05) is 6.07 Å². The van der Waals surface area contributed by atoms with Gasteiger partial charge in [-0.25, -0.2) is 0 Å². The van der Waals surface area contributed by atoms with Gasteiger partial charge in [0.05, 0.1) is 11.1 Å². The number of anilines is 1. The van der Waals surface area contributed by atoms with Crippen molar-refractivity contribution >= 4 is 29.3 Å². The number of piperidine rings is 2. The Labute approximate surface area is 162 Å². The molecule has 3 saturated heterocycles. The summed E-state index contributed by atoms with van der Waals surface area (Å²) in [5, 5.41) is 5.86. The first kappa shape index (κ1) is 17.4. The van der Waals surface area contributed by atoms with Gasteiger partial charge in [-0.1, -0.05) is 6.42 Å². The molecule has 0 aromatic heterocycles. The van der Waals surface area contributed by atoms with Gasteiger partial charge in [-0.05, 0) is 37.5 Å². The highest BCUT2D eigenvalue weighted by Crippen LogP contribution is 2.32. The molecule has 3 unspecified atom stereocenters. The quantitative estimate of drug-likeness (QED) is 0.720. The van der Waals surface area contributed by atoms with E-state index in [1.54, 1.807) is 12.1 Å². The molecule has 146 valence electrons. The van der Waals surface area contributed by atoms with Crippen molar-refractivity contribution in [1.82, 2.24) is 15.5 Å². The first-order valence-electron chi connectivity index (χ1n) is 9.88. The number of carbonyl (C=O) groups is 4. The summed E-state index contributed by atoms with van der Waals surface area (Å²) in [5.41, 5.74) is 1.60. The number of piperazine rings is 1.